The molecule has 0 saturated carbocycles. The highest BCUT2D eigenvalue weighted by molar-refractivity contribution is 7.03. The Morgan fingerprint density at radius 3 is 2.55 bits per heavy atom. The molecule has 0 aliphatic carbocycles. The van der Waals surface area contributed by atoms with E-state index in [2.05, 4.69) is 41.0 Å². The van der Waals surface area contributed by atoms with Crippen molar-refractivity contribution in [3.8, 4) is 0 Å². The number of alkyl carbamates (subject to hydrolysis) is 1. The molecule has 0 bridgehead atoms. The van der Waals surface area contributed by atoms with Crippen molar-refractivity contribution in [2.75, 3.05) is 6.54 Å². The summed E-state index contributed by atoms with van der Waals surface area (Å²) in [5, 5.41) is 12.3. The standard InChI is InChI=1S/C15H28N4O2S/c1-11(2)7-15(6,17-8-12-9-22-19-18-12)10-16-13(20)21-14(3,4)5/h9,11,17H,7-8,10H2,1-6H3,(H,16,20)/t15-/m1/s1. The number of amides is 1. The van der Waals surface area contributed by atoms with Crippen molar-refractivity contribution in [1.82, 2.24) is 20.2 Å². The van der Waals surface area contributed by atoms with E-state index in [1.165, 1.54) is 11.5 Å². The van der Waals surface area contributed by atoms with Crippen LogP contribution >= 0.6 is 11.5 Å². The summed E-state index contributed by atoms with van der Waals surface area (Å²) in [5.74, 6) is 0.506. The fraction of sp³-hybridized carbons (Fsp3) is 0.800. The van der Waals surface area contributed by atoms with Gasteiger partial charge in [-0.2, -0.15) is 0 Å². The maximum atomic E-state index is 11.8. The monoisotopic (exact) mass is 328 g/mol. The van der Waals surface area contributed by atoms with Crippen LogP contribution in [0.4, 0.5) is 4.79 Å². The van der Waals surface area contributed by atoms with Crippen molar-refractivity contribution in [1.29, 1.82) is 0 Å². The SMILES string of the molecule is CC(C)C[C@](C)(CNC(=O)OC(C)(C)C)NCc1csnn1. The minimum Gasteiger partial charge on any atom is -0.444 e. The lowest BCUT2D eigenvalue weighted by atomic mass is 9.90. The lowest BCUT2D eigenvalue weighted by molar-refractivity contribution is 0.0507. The van der Waals surface area contributed by atoms with Crippen molar-refractivity contribution in [2.24, 2.45) is 5.92 Å². The highest BCUT2D eigenvalue weighted by Crippen LogP contribution is 2.17. The number of carbonyl (C=O) groups excluding carboxylic acids is 1. The third-order valence-corrected chi connectivity index (χ3v) is 3.54. The van der Waals surface area contributed by atoms with Crippen LogP contribution in [0.3, 0.4) is 0 Å². The normalized spacial score (nSPS) is 14.7. The molecule has 0 aliphatic rings. The molecule has 1 rings (SSSR count). The van der Waals surface area contributed by atoms with Gasteiger partial charge in [-0.1, -0.05) is 18.3 Å². The first-order valence-corrected chi connectivity index (χ1v) is 8.41. The van der Waals surface area contributed by atoms with Gasteiger partial charge in [0.1, 0.15) is 5.60 Å². The summed E-state index contributed by atoms with van der Waals surface area (Å²) in [5.41, 5.74) is 0.199. The highest BCUT2D eigenvalue weighted by Gasteiger charge is 2.27. The molecule has 6 nitrogen and oxygen atoms in total. The predicted octanol–water partition coefficient (Wildman–Crippen LogP) is 2.96. The summed E-state index contributed by atoms with van der Waals surface area (Å²) < 4.78 is 9.15. The van der Waals surface area contributed by atoms with Gasteiger partial charge in [0.15, 0.2) is 0 Å². The molecule has 0 aliphatic heterocycles. The molecule has 2 N–H and O–H groups in total. The predicted molar refractivity (Wildman–Crippen MR) is 88.8 cm³/mol. The Bertz CT molecular complexity index is 457. The number of rotatable bonds is 7. The highest BCUT2D eigenvalue weighted by atomic mass is 32.1. The number of ether oxygens (including phenoxy) is 1. The molecule has 1 aromatic rings. The average molecular weight is 328 g/mol. The van der Waals surface area contributed by atoms with E-state index < -0.39 is 5.60 Å². The third-order valence-electron chi connectivity index (χ3n) is 2.98. The molecular weight excluding hydrogens is 300 g/mol. The van der Waals surface area contributed by atoms with E-state index in [9.17, 15) is 4.79 Å². The van der Waals surface area contributed by atoms with Gasteiger partial charge in [-0.25, -0.2) is 4.79 Å². The fourth-order valence-corrected chi connectivity index (χ4v) is 2.71. The van der Waals surface area contributed by atoms with Crippen LogP contribution in [0.5, 0.6) is 0 Å². The fourth-order valence-electron chi connectivity index (χ4n) is 2.25. The zero-order chi connectivity index (χ0) is 16.8. The van der Waals surface area contributed by atoms with Gasteiger partial charge in [0.2, 0.25) is 0 Å². The second kappa shape index (κ2) is 7.87. The van der Waals surface area contributed by atoms with Gasteiger partial charge in [0.25, 0.3) is 0 Å². The maximum Gasteiger partial charge on any atom is 0.407 e. The molecule has 0 fully saturated rings. The molecule has 1 heterocycles. The van der Waals surface area contributed by atoms with E-state index in [0.717, 1.165) is 12.1 Å². The van der Waals surface area contributed by atoms with Crippen molar-refractivity contribution in [3.05, 3.63) is 11.1 Å². The van der Waals surface area contributed by atoms with Crippen LogP contribution < -0.4 is 10.6 Å². The Kier molecular flexibility index (Phi) is 6.74. The maximum absolute atomic E-state index is 11.8. The molecular formula is C15H28N4O2S. The Labute approximate surface area is 137 Å². The van der Waals surface area contributed by atoms with Crippen molar-refractivity contribution >= 4 is 17.6 Å². The van der Waals surface area contributed by atoms with Crippen molar-refractivity contribution in [3.63, 3.8) is 0 Å². The lowest BCUT2D eigenvalue weighted by Gasteiger charge is -2.33. The molecule has 1 amide bonds. The van der Waals surface area contributed by atoms with Gasteiger partial charge in [-0.3, -0.25) is 0 Å². The Morgan fingerprint density at radius 2 is 2.05 bits per heavy atom. The van der Waals surface area contributed by atoms with Crippen LogP contribution in [-0.4, -0.2) is 33.4 Å². The molecule has 0 unspecified atom stereocenters. The van der Waals surface area contributed by atoms with Gasteiger partial charge in [0.05, 0.1) is 5.69 Å². The summed E-state index contributed by atoms with van der Waals surface area (Å²) in [6, 6.07) is 0. The van der Waals surface area contributed by atoms with Gasteiger partial charge in [-0.15, -0.1) is 5.10 Å². The number of hydrogen-bond donors (Lipinski definition) is 2. The smallest absolute Gasteiger partial charge is 0.407 e. The van der Waals surface area contributed by atoms with Gasteiger partial charge in [0, 0.05) is 24.0 Å². The summed E-state index contributed by atoms with van der Waals surface area (Å²) in [6.07, 6.45) is 0.542. The molecule has 0 radical (unpaired) electrons. The van der Waals surface area contributed by atoms with Crippen LogP contribution in [0.2, 0.25) is 0 Å². The molecule has 0 saturated heterocycles. The van der Waals surface area contributed by atoms with E-state index in [1.807, 2.05) is 26.2 Å². The molecule has 0 aromatic carbocycles. The summed E-state index contributed by atoms with van der Waals surface area (Å²) in [4.78, 5) is 11.8. The average Bonchev–Trinajstić information content (AvgIpc) is 2.84. The molecule has 22 heavy (non-hydrogen) atoms. The van der Waals surface area contributed by atoms with Crippen LogP contribution in [0.1, 0.15) is 53.7 Å². The van der Waals surface area contributed by atoms with E-state index in [4.69, 9.17) is 4.74 Å². The van der Waals surface area contributed by atoms with Crippen molar-refractivity contribution in [2.45, 2.75) is 65.6 Å². The Balaban J connectivity index is 2.56. The van der Waals surface area contributed by atoms with E-state index in [1.54, 1.807) is 0 Å². The molecule has 0 spiro atoms. The first-order chi connectivity index (χ1) is 10.1. The minimum atomic E-state index is -0.488. The quantitative estimate of drug-likeness (QED) is 0.805. The van der Waals surface area contributed by atoms with Crippen LogP contribution in [0.25, 0.3) is 0 Å². The minimum absolute atomic E-state index is 0.227. The zero-order valence-electron chi connectivity index (χ0n) is 14.4. The van der Waals surface area contributed by atoms with Crippen LogP contribution in [-0.2, 0) is 11.3 Å². The van der Waals surface area contributed by atoms with E-state index in [0.29, 0.717) is 19.0 Å². The Hall–Kier alpha value is -1.21. The van der Waals surface area contributed by atoms with Crippen molar-refractivity contribution < 1.29 is 9.53 Å². The summed E-state index contributed by atoms with van der Waals surface area (Å²) in [7, 11) is 0. The number of nitrogens with zero attached hydrogens (tertiary/aromatic N) is 2. The molecule has 126 valence electrons. The van der Waals surface area contributed by atoms with Gasteiger partial charge in [-0.05, 0) is 51.6 Å². The first-order valence-electron chi connectivity index (χ1n) is 7.57. The Morgan fingerprint density at radius 1 is 1.36 bits per heavy atom. The topological polar surface area (TPSA) is 76.1 Å². The lowest BCUT2D eigenvalue weighted by Crippen LogP contribution is -2.52. The van der Waals surface area contributed by atoms with Gasteiger partial charge >= 0.3 is 6.09 Å². The second-order valence-corrected chi connectivity index (χ2v) is 7.87. The van der Waals surface area contributed by atoms with E-state index in [-0.39, 0.29) is 11.6 Å². The zero-order valence-corrected chi connectivity index (χ0v) is 15.2. The first kappa shape index (κ1) is 18.8. The largest absolute Gasteiger partial charge is 0.444 e. The number of aromatic nitrogens is 2. The molecule has 1 atom stereocenters. The van der Waals surface area contributed by atoms with Crippen LogP contribution in [0, 0.1) is 5.92 Å². The van der Waals surface area contributed by atoms with E-state index >= 15 is 0 Å². The summed E-state index contributed by atoms with van der Waals surface area (Å²) in [6.45, 7) is 13.1. The van der Waals surface area contributed by atoms with Crippen LogP contribution in [0.15, 0.2) is 5.38 Å². The van der Waals surface area contributed by atoms with Gasteiger partial charge < -0.3 is 15.4 Å². The summed E-state index contributed by atoms with van der Waals surface area (Å²) >= 11 is 1.34. The number of nitrogens with one attached hydrogen (secondary N) is 2. The molecule has 7 heteroatoms. The third kappa shape index (κ3) is 7.70. The second-order valence-electron chi connectivity index (χ2n) is 7.26. The molecule has 1 aromatic heterocycles. The number of hydrogen-bond acceptors (Lipinski definition) is 6. The number of carbonyl (C=O) groups is 1.